The van der Waals surface area contributed by atoms with Crippen molar-refractivity contribution >= 4 is 33.3 Å². The van der Waals surface area contributed by atoms with Gasteiger partial charge in [0.25, 0.3) is 0 Å². The van der Waals surface area contributed by atoms with Gasteiger partial charge in [0, 0.05) is 70.6 Å². The monoisotopic (exact) mass is 731 g/mol. The molecule has 2 heterocycles. The highest BCUT2D eigenvalue weighted by atomic mass is 32.3. The summed E-state index contributed by atoms with van der Waals surface area (Å²) < 4.78 is 52.0. The first kappa shape index (κ1) is 42.9. The minimum atomic E-state index is -4.10. The second-order valence-corrected chi connectivity index (χ2v) is 20.1. The van der Waals surface area contributed by atoms with E-state index < -0.39 is 81.1 Å². The summed E-state index contributed by atoms with van der Waals surface area (Å²) in [5.41, 5.74) is -0.615. The predicted octanol–water partition coefficient (Wildman–Crippen LogP) is 3.34. The molecule has 0 aromatic carbocycles. The maximum absolute atomic E-state index is 14.2. The van der Waals surface area contributed by atoms with E-state index >= 15 is 0 Å². The average molecular weight is 732 g/mol. The van der Waals surface area contributed by atoms with Gasteiger partial charge in [0.2, 0.25) is 24.1 Å². The molecule has 5 atom stereocenters. The third-order valence-electron chi connectivity index (χ3n) is 9.01. The Morgan fingerprint density at radius 3 is 2.10 bits per heavy atom. The molecule has 4 N–H and O–H groups in total. The van der Waals surface area contributed by atoms with Crippen LogP contribution in [0.2, 0.25) is 0 Å². The summed E-state index contributed by atoms with van der Waals surface area (Å²) >= 11 is 0. The first-order chi connectivity index (χ1) is 22.7. The van der Waals surface area contributed by atoms with Gasteiger partial charge in [-0.2, -0.15) is 4.21 Å². The summed E-state index contributed by atoms with van der Waals surface area (Å²) in [4.78, 5) is 61.6. The number of hydrogen-bond donors (Lipinski definition) is 4. The summed E-state index contributed by atoms with van der Waals surface area (Å²) in [5, 5.41) is 8.17. The average Bonchev–Trinajstić information content (AvgIpc) is 3.37. The Hall–Kier alpha value is -3.24. The Morgan fingerprint density at radius 2 is 1.62 bits per heavy atom. The Kier molecular flexibility index (Phi) is 14.1. The molecule has 1 saturated heterocycles. The highest BCUT2D eigenvalue weighted by Gasteiger charge is 2.45. The van der Waals surface area contributed by atoms with E-state index in [1.165, 1.54) is 33.7 Å². The van der Waals surface area contributed by atoms with Crippen molar-refractivity contribution in [2.45, 2.75) is 105 Å². The SMILES string of the molecule is CCN(Cc1ccncc1)C(=O)[C@H](CC(F)F)NC(=O)[C@@H]1CC(C)CN1C(=O)[C@@H](NC(=O)NC(CN(C)S(C)(C)(=O)O)C(C)(C)C)C(C)(C)C. The van der Waals surface area contributed by atoms with E-state index in [1.807, 2.05) is 27.7 Å². The number of pyridine rings is 1. The number of alkyl halides is 2. The molecule has 0 saturated carbocycles. The molecular formula is C34H59F2N7O6S. The number of nitrogens with one attached hydrogen (secondary N) is 3. The number of halogens is 2. The van der Waals surface area contributed by atoms with Crippen LogP contribution in [0.3, 0.4) is 0 Å². The van der Waals surface area contributed by atoms with Crippen LogP contribution < -0.4 is 16.0 Å². The topological polar surface area (TPSA) is 164 Å². The van der Waals surface area contributed by atoms with Crippen LogP contribution in [0.5, 0.6) is 0 Å². The Morgan fingerprint density at radius 1 is 1.04 bits per heavy atom. The largest absolute Gasteiger partial charge is 0.342 e. The minimum Gasteiger partial charge on any atom is -0.342 e. The number of amides is 5. The van der Waals surface area contributed by atoms with Gasteiger partial charge in [-0.3, -0.25) is 23.9 Å². The van der Waals surface area contributed by atoms with Crippen LogP contribution in [-0.4, -0.2) is 121 Å². The van der Waals surface area contributed by atoms with Gasteiger partial charge < -0.3 is 25.8 Å². The zero-order chi connectivity index (χ0) is 38.4. The minimum absolute atomic E-state index is 0.0440. The zero-order valence-electron chi connectivity index (χ0n) is 31.5. The normalized spacial score (nSPS) is 19.7. The van der Waals surface area contributed by atoms with Gasteiger partial charge in [0.05, 0.1) is 0 Å². The standard InChI is InChI=1S/C34H59F2N7O6S/c1-12-42(20-23-13-15-37-16-14-23)30(45)24(18-27(35)36)38-29(44)25-17-22(2)19-43(25)31(46)28(34(6,7)8)40-32(47)39-26(33(3,4)5)21-41(9)50(10,11,48)49/h13-16,22,24-28H,12,17-21H2,1-11H3,(H,38,44)(H,48,49)(H2,39,40,47)/t22?,24-,25-,26?,28+/m0/s1. The van der Waals surface area contributed by atoms with Gasteiger partial charge >= 0.3 is 6.03 Å². The van der Waals surface area contributed by atoms with Crippen LogP contribution in [0.4, 0.5) is 13.6 Å². The van der Waals surface area contributed by atoms with Crippen LogP contribution >= 0.6 is 0 Å². The number of rotatable bonds is 14. The van der Waals surface area contributed by atoms with E-state index in [4.69, 9.17) is 0 Å². The number of hydrogen-bond acceptors (Lipinski definition) is 6. The van der Waals surface area contributed by atoms with Crippen LogP contribution in [0.15, 0.2) is 24.5 Å². The summed E-state index contributed by atoms with van der Waals surface area (Å²) in [7, 11) is -2.60. The van der Waals surface area contributed by atoms with Crippen LogP contribution in [0.1, 0.15) is 73.8 Å². The second kappa shape index (κ2) is 16.4. The molecular weight excluding hydrogens is 672 g/mol. The molecule has 0 spiro atoms. The van der Waals surface area contributed by atoms with Gasteiger partial charge in [0.1, 0.15) is 18.1 Å². The van der Waals surface area contributed by atoms with E-state index in [0.29, 0.717) is 0 Å². The quantitative estimate of drug-likeness (QED) is 0.228. The zero-order valence-corrected chi connectivity index (χ0v) is 32.3. The van der Waals surface area contributed by atoms with Gasteiger partial charge in [-0.1, -0.05) is 48.5 Å². The fourth-order valence-corrected chi connectivity index (χ4v) is 6.21. The molecule has 5 amide bonds. The van der Waals surface area contributed by atoms with E-state index in [-0.39, 0.29) is 38.5 Å². The molecule has 50 heavy (non-hydrogen) atoms. The van der Waals surface area contributed by atoms with Crippen molar-refractivity contribution in [1.82, 2.24) is 35.0 Å². The van der Waals surface area contributed by atoms with Gasteiger partial charge in [0.15, 0.2) is 0 Å². The van der Waals surface area contributed by atoms with Crippen molar-refractivity contribution in [3.05, 3.63) is 30.1 Å². The molecule has 13 nitrogen and oxygen atoms in total. The summed E-state index contributed by atoms with van der Waals surface area (Å²) in [6.45, 7) is 15.1. The van der Waals surface area contributed by atoms with Crippen molar-refractivity contribution in [3.8, 4) is 0 Å². The lowest BCUT2D eigenvalue weighted by molar-refractivity contribution is -0.143. The van der Waals surface area contributed by atoms with Crippen molar-refractivity contribution in [2.24, 2.45) is 16.7 Å². The van der Waals surface area contributed by atoms with Crippen molar-refractivity contribution in [1.29, 1.82) is 0 Å². The smallest absolute Gasteiger partial charge is 0.315 e. The van der Waals surface area contributed by atoms with Crippen LogP contribution in [0, 0.1) is 16.7 Å². The third-order valence-corrected chi connectivity index (χ3v) is 10.9. The number of aromatic nitrogens is 1. The molecule has 1 fully saturated rings. The molecule has 1 aliphatic heterocycles. The second-order valence-electron chi connectivity index (χ2n) is 16.1. The highest BCUT2D eigenvalue weighted by molar-refractivity contribution is 8.11. The van der Waals surface area contributed by atoms with Crippen LogP contribution in [-0.2, 0) is 30.5 Å². The summed E-state index contributed by atoms with van der Waals surface area (Å²) in [6.07, 6.45) is 2.03. The number of nitrogens with zero attached hydrogens (tertiary/aromatic N) is 4. The van der Waals surface area contributed by atoms with E-state index in [1.54, 1.807) is 52.2 Å². The molecule has 0 radical (unpaired) electrons. The predicted molar refractivity (Wildman–Crippen MR) is 191 cm³/mol. The summed E-state index contributed by atoms with van der Waals surface area (Å²) in [5.74, 6) is -2.05. The van der Waals surface area contributed by atoms with E-state index in [2.05, 4.69) is 20.9 Å². The van der Waals surface area contributed by atoms with Crippen molar-refractivity contribution < 1.29 is 36.7 Å². The molecule has 0 bridgehead atoms. The van der Waals surface area contributed by atoms with Crippen LogP contribution in [0.25, 0.3) is 0 Å². The molecule has 0 aliphatic carbocycles. The molecule has 2 rings (SSSR count). The molecule has 286 valence electrons. The Balaban J connectivity index is 2.30. The number of likely N-dealkylation sites (tertiary alicyclic amines) is 1. The lowest BCUT2D eigenvalue weighted by Crippen LogP contribution is -2.62. The van der Waals surface area contributed by atoms with Gasteiger partial charge in [-0.15, -0.1) is 9.53 Å². The number of carbonyl (C=O) groups is 4. The van der Waals surface area contributed by atoms with Gasteiger partial charge in [-0.05, 0) is 47.8 Å². The first-order valence-electron chi connectivity index (χ1n) is 16.9. The molecule has 1 aliphatic rings. The molecule has 1 aromatic heterocycles. The van der Waals surface area contributed by atoms with Crippen molar-refractivity contribution in [3.63, 3.8) is 0 Å². The number of likely N-dealkylation sites (N-methyl/N-ethyl adjacent to an activating group) is 2. The molecule has 1 aromatic rings. The van der Waals surface area contributed by atoms with Crippen molar-refractivity contribution in [2.75, 3.05) is 39.2 Å². The maximum Gasteiger partial charge on any atom is 0.315 e. The molecule has 2 unspecified atom stereocenters. The third kappa shape index (κ3) is 12.5. The van der Waals surface area contributed by atoms with Gasteiger partial charge in [-0.25, -0.2) is 17.9 Å². The Bertz CT molecular complexity index is 1400. The molecule has 16 heteroatoms. The van der Waals surface area contributed by atoms with E-state index in [0.717, 1.165) is 5.56 Å². The van der Waals surface area contributed by atoms with E-state index in [9.17, 15) is 36.7 Å². The Labute approximate surface area is 296 Å². The fourth-order valence-electron chi connectivity index (χ4n) is 5.63. The number of carbonyl (C=O) groups excluding carboxylic acids is 4. The maximum atomic E-state index is 14.2. The fraction of sp³-hybridized carbons (Fsp3) is 0.735. The number of urea groups is 1. The highest BCUT2D eigenvalue weighted by Crippen LogP contribution is 2.29. The lowest BCUT2D eigenvalue weighted by Gasteiger charge is -2.46. The lowest BCUT2D eigenvalue weighted by atomic mass is 9.85. The summed E-state index contributed by atoms with van der Waals surface area (Å²) in [6, 6.07) is -1.55. The first-order valence-corrected chi connectivity index (χ1v) is 19.6.